The number of carbonyl (C=O) groups is 1. The molecular formula is C11H15ClN2O4S. The van der Waals surface area contributed by atoms with Gasteiger partial charge in [-0.25, -0.2) is 4.79 Å². The smallest absolute Gasteiger partial charge is 0.335 e. The van der Waals surface area contributed by atoms with Crippen molar-refractivity contribution in [2.75, 3.05) is 4.72 Å². The number of hydrogen-bond acceptors (Lipinski definition) is 3. The fourth-order valence-electron chi connectivity index (χ4n) is 1.31. The summed E-state index contributed by atoms with van der Waals surface area (Å²) in [4.78, 5) is 10.8. The van der Waals surface area contributed by atoms with Crippen LogP contribution in [0.2, 0.25) is 5.02 Å². The molecule has 0 radical (unpaired) electrons. The first kappa shape index (κ1) is 15.7. The van der Waals surface area contributed by atoms with Gasteiger partial charge in [-0.05, 0) is 39.0 Å². The number of benzene rings is 1. The summed E-state index contributed by atoms with van der Waals surface area (Å²) in [6.45, 7) is 5.05. The molecule has 106 valence electrons. The van der Waals surface area contributed by atoms with Gasteiger partial charge >= 0.3 is 5.97 Å². The highest BCUT2D eigenvalue weighted by molar-refractivity contribution is 7.90. The van der Waals surface area contributed by atoms with Crippen LogP contribution in [0.25, 0.3) is 0 Å². The molecule has 1 aromatic carbocycles. The minimum absolute atomic E-state index is 0.0123. The summed E-state index contributed by atoms with van der Waals surface area (Å²) in [5.74, 6) is -1.17. The van der Waals surface area contributed by atoms with E-state index in [0.29, 0.717) is 0 Å². The van der Waals surface area contributed by atoms with Crippen molar-refractivity contribution in [3.8, 4) is 0 Å². The van der Waals surface area contributed by atoms with E-state index in [1.165, 1.54) is 12.1 Å². The van der Waals surface area contributed by atoms with Gasteiger partial charge in [0.25, 0.3) is 10.2 Å². The third-order valence-electron chi connectivity index (χ3n) is 1.90. The number of nitrogens with one attached hydrogen (secondary N) is 2. The van der Waals surface area contributed by atoms with Crippen molar-refractivity contribution in [2.24, 2.45) is 0 Å². The van der Waals surface area contributed by atoms with Gasteiger partial charge in [-0.3, -0.25) is 4.72 Å². The summed E-state index contributed by atoms with van der Waals surface area (Å²) in [6.07, 6.45) is 0. The van der Waals surface area contributed by atoms with E-state index >= 15 is 0 Å². The Balaban J connectivity index is 3.05. The van der Waals surface area contributed by atoms with E-state index < -0.39 is 21.7 Å². The minimum Gasteiger partial charge on any atom is -0.478 e. The lowest BCUT2D eigenvalue weighted by Gasteiger charge is -2.21. The van der Waals surface area contributed by atoms with Crippen LogP contribution in [-0.4, -0.2) is 25.0 Å². The van der Waals surface area contributed by atoms with Gasteiger partial charge in [0.05, 0.1) is 16.3 Å². The quantitative estimate of drug-likeness (QED) is 0.793. The van der Waals surface area contributed by atoms with E-state index in [2.05, 4.69) is 9.44 Å². The van der Waals surface area contributed by atoms with Gasteiger partial charge in [0.1, 0.15) is 0 Å². The molecule has 0 heterocycles. The van der Waals surface area contributed by atoms with Gasteiger partial charge in [0.2, 0.25) is 0 Å². The average Bonchev–Trinajstić information content (AvgIpc) is 2.16. The van der Waals surface area contributed by atoms with Gasteiger partial charge < -0.3 is 5.11 Å². The highest BCUT2D eigenvalue weighted by Crippen LogP contribution is 2.24. The van der Waals surface area contributed by atoms with Crippen LogP contribution in [0.5, 0.6) is 0 Å². The molecule has 0 aromatic heterocycles. The second-order valence-electron chi connectivity index (χ2n) is 4.96. The maximum absolute atomic E-state index is 11.8. The number of rotatable bonds is 4. The molecule has 19 heavy (non-hydrogen) atoms. The van der Waals surface area contributed by atoms with Gasteiger partial charge in [0, 0.05) is 5.54 Å². The molecule has 3 N–H and O–H groups in total. The molecule has 0 atom stereocenters. The molecule has 0 saturated carbocycles. The lowest BCUT2D eigenvalue weighted by atomic mass is 10.1. The normalized spacial score (nSPS) is 12.2. The fraction of sp³-hybridized carbons (Fsp3) is 0.364. The molecule has 0 spiro atoms. The molecule has 0 amide bonds. The van der Waals surface area contributed by atoms with Crippen molar-refractivity contribution in [1.29, 1.82) is 0 Å². The summed E-state index contributed by atoms with van der Waals surface area (Å²) < 4.78 is 28.2. The molecule has 0 bridgehead atoms. The Kier molecular flexibility index (Phi) is 4.44. The van der Waals surface area contributed by atoms with Crippen LogP contribution in [0.4, 0.5) is 5.69 Å². The molecule has 6 nitrogen and oxygen atoms in total. The molecule has 1 aromatic rings. The van der Waals surface area contributed by atoms with E-state index in [1.807, 2.05) is 0 Å². The van der Waals surface area contributed by atoms with E-state index in [1.54, 1.807) is 20.8 Å². The SMILES string of the molecule is CC(C)(C)NS(=O)(=O)Nc1cc(C(=O)O)ccc1Cl. The lowest BCUT2D eigenvalue weighted by molar-refractivity contribution is 0.0697. The van der Waals surface area contributed by atoms with Gasteiger partial charge in [-0.15, -0.1) is 0 Å². The van der Waals surface area contributed by atoms with Crippen molar-refractivity contribution in [2.45, 2.75) is 26.3 Å². The average molecular weight is 307 g/mol. The maximum Gasteiger partial charge on any atom is 0.335 e. The Morgan fingerprint density at radius 2 is 1.89 bits per heavy atom. The fourth-order valence-corrected chi connectivity index (χ4v) is 2.85. The van der Waals surface area contributed by atoms with Crippen LogP contribution < -0.4 is 9.44 Å². The third kappa shape index (κ3) is 5.06. The van der Waals surface area contributed by atoms with Crippen LogP contribution in [0.15, 0.2) is 18.2 Å². The van der Waals surface area contributed by atoms with Gasteiger partial charge in [0.15, 0.2) is 0 Å². The number of carboxylic acids is 1. The zero-order valence-corrected chi connectivity index (χ0v) is 12.3. The monoisotopic (exact) mass is 306 g/mol. The minimum atomic E-state index is -3.83. The number of anilines is 1. The Bertz CT molecular complexity index is 593. The Labute approximate surface area is 117 Å². The van der Waals surface area contributed by atoms with Crippen LogP contribution in [-0.2, 0) is 10.2 Å². The van der Waals surface area contributed by atoms with Crippen LogP contribution in [0.1, 0.15) is 31.1 Å². The van der Waals surface area contributed by atoms with Crippen molar-refractivity contribution in [3.63, 3.8) is 0 Å². The molecule has 0 fully saturated rings. The Morgan fingerprint density at radius 1 is 1.32 bits per heavy atom. The lowest BCUT2D eigenvalue weighted by Crippen LogP contribution is -2.43. The Morgan fingerprint density at radius 3 is 2.37 bits per heavy atom. The largest absolute Gasteiger partial charge is 0.478 e. The third-order valence-corrected chi connectivity index (χ3v) is 3.60. The van der Waals surface area contributed by atoms with Crippen LogP contribution in [0.3, 0.4) is 0 Å². The van der Waals surface area contributed by atoms with Gasteiger partial charge in [-0.2, -0.15) is 13.1 Å². The first-order chi connectivity index (χ1) is 8.50. The first-order valence-electron chi connectivity index (χ1n) is 5.35. The zero-order valence-electron chi connectivity index (χ0n) is 10.7. The molecule has 0 unspecified atom stereocenters. The predicted octanol–water partition coefficient (Wildman–Crippen LogP) is 2.08. The van der Waals surface area contributed by atoms with Crippen molar-refractivity contribution >= 4 is 33.5 Å². The number of carboxylic acid groups (broad SMARTS) is 1. The molecule has 0 aliphatic rings. The molecule has 8 heteroatoms. The van der Waals surface area contributed by atoms with Crippen LogP contribution >= 0.6 is 11.6 Å². The molecule has 0 aliphatic carbocycles. The van der Waals surface area contributed by atoms with E-state index in [-0.39, 0.29) is 16.3 Å². The second-order valence-corrected chi connectivity index (χ2v) is 6.78. The standard InChI is InChI=1S/C11H15ClN2O4S/c1-11(2,3)14-19(17,18)13-9-6-7(10(15)16)4-5-8(9)12/h4-6,13-14H,1-3H3,(H,15,16). The summed E-state index contributed by atoms with van der Waals surface area (Å²) >= 11 is 5.83. The van der Waals surface area contributed by atoms with Crippen molar-refractivity contribution in [1.82, 2.24) is 4.72 Å². The Hall–Kier alpha value is -1.31. The number of aromatic carboxylic acids is 1. The summed E-state index contributed by atoms with van der Waals surface area (Å²) in [5, 5.41) is 8.96. The summed E-state index contributed by atoms with van der Waals surface area (Å²) in [5.41, 5.74) is -0.709. The molecule has 1 rings (SSSR count). The zero-order chi connectivity index (χ0) is 14.8. The van der Waals surface area contributed by atoms with Crippen LogP contribution in [0, 0.1) is 0 Å². The first-order valence-corrected chi connectivity index (χ1v) is 7.21. The van der Waals surface area contributed by atoms with Crippen molar-refractivity contribution in [3.05, 3.63) is 28.8 Å². The molecule has 0 aliphatic heterocycles. The molecular weight excluding hydrogens is 292 g/mol. The summed E-state index contributed by atoms with van der Waals surface area (Å²) in [6, 6.07) is 3.77. The predicted molar refractivity (Wildman–Crippen MR) is 73.8 cm³/mol. The second kappa shape index (κ2) is 5.36. The molecule has 0 saturated heterocycles. The maximum atomic E-state index is 11.8. The van der Waals surface area contributed by atoms with E-state index in [0.717, 1.165) is 6.07 Å². The highest BCUT2D eigenvalue weighted by atomic mass is 35.5. The highest BCUT2D eigenvalue weighted by Gasteiger charge is 2.21. The number of halogens is 1. The summed E-state index contributed by atoms with van der Waals surface area (Å²) in [7, 11) is -3.83. The van der Waals surface area contributed by atoms with E-state index in [4.69, 9.17) is 16.7 Å². The van der Waals surface area contributed by atoms with Gasteiger partial charge in [-0.1, -0.05) is 11.6 Å². The van der Waals surface area contributed by atoms with E-state index in [9.17, 15) is 13.2 Å². The topological polar surface area (TPSA) is 95.5 Å². The number of hydrogen-bond donors (Lipinski definition) is 3. The van der Waals surface area contributed by atoms with Crippen molar-refractivity contribution < 1.29 is 18.3 Å².